The van der Waals surface area contributed by atoms with Crippen molar-refractivity contribution in [1.29, 1.82) is 0 Å². The highest BCUT2D eigenvalue weighted by molar-refractivity contribution is 6.34. The number of benzene rings is 1. The molecule has 0 bridgehead atoms. The largest absolute Gasteiger partial charge is 0.390 e. The van der Waals surface area contributed by atoms with E-state index < -0.39 is 6.10 Å². The predicted molar refractivity (Wildman–Crippen MR) is 80.4 cm³/mol. The Morgan fingerprint density at radius 2 is 2.20 bits per heavy atom. The van der Waals surface area contributed by atoms with E-state index in [2.05, 4.69) is 16.0 Å². The summed E-state index contributed by atoms with van der Waals surface area (Å²) in [6.45, 7) is 5.13. The summed E-state index contributed by atoms with van der Waals surface area (Å²) in [4.78, 5) is 12.0. The molecule has 0 radical (unpaired) electrons. The second kappa shape index (κ2) is 6.43. The first-order valence-corrected chi connectivity index (χ1v) is 7.08. The van der Waals surface area contributed by atoms with Crippen LogP contribution >= 0.6 is 11.6 Å². The molecule has 2 rings (SSSR count). The Balaban J connectivity index is 2.01. The lowest BCUT2D eigenvalue weighted by atomic mass is 10.0. The van der Waals surface area contributed by atoms with Crippen molar-refractivity contribution >= 4 is 23.3 Å². The number of carbonyl (C=O) groups excluding carboxylic acids is 1. The van der Waals surface area contributed by atoms with Crippen molar-refractivity contribution in [3.63, 3.8) is 0 Å². The highest BCUT2D eigenvalue weighted by atomic mass is 35.5. The van der Waals surface area contributed by atoms with Crippen molar-refractivity contribution in [2.45, 2.75) is 32.4 Å². The Kier molecular flexibility index (Phi) is 4.86. The molecule has 110 valence electrons. The Labute approximate surface area is 123 Å². The van der Waals surface area contributed by atoms with E-state index in [0.717, 1.165) is 17.7 Å². The average Bonchev–Trinajstić information content (AvgIpc) is 2.36. The van der Waals surface area contributed by atoms with Crippen LogP contribution < -0.4 is 16.0 Å². The fourth-order valence-electron chi connectivity index (χ4n) is 2.40. The molecule has 1 aliphatic rings. The number of carbonyl (C=O) groups is 1. The van der Waals surface area contributed by atoms with Gasteiger partial charge in [-0.1, -0.05) is 17.7 Å². The van der Waals surface area contributed by atoms with E-state index in [4.69, 9.17) is 11.6 Å². The molecule has 0 unspecified atom stereocenters. The van der Waals surface area contributed by atoms with Crippen LogP contribution in [0.25, 0.3) is 0 Å². The molecular formula is C14H20ClN3O2. The summed E-state index contributed by atoms with van der Waals surface area (Å²) in [5.74, 6) is 0. The fraction of sp³-hybridized carbons (Fsp3) is 0.500. The summed E-state index contributed by atoms with van der Waals surface area (Å²) in [6.07, 6.45) is 0.138. The number of rotatable bonds is 2. The molecular weight excluding hydrogens is 278 g/mol. The smallest absolute Gasteiger partial charge is 0.319 e. The van der Waals surface area contributed by atoms with Gasteiger partial charge < -0.3 is 21.1 Å². The minimum absolute atomic E-state index is 0.235. The van der Waals surface area contributed by atoms with E-state index in [1.165, 1.54) is 0 Å². The molecule has 5 nitrogen and oxygen atoms in total. The molecule has 2 atom stereocenters. The van der Waals surface area contributed by atoms with Gasteiger partial charge in [0.15, 0.2) is 0 Å². The van der Waals surface area contributed by atoms with Crippen LogP contribution in [0.3, 0.4) is 0 Å². The molecule has 1 aromatic carbocycles. The first kappa shape index (κ1) is 15.1. The summed E-state index contributed by atoms with van der Waals surface area (Å²) < 4.78 is 0. The maximum absolute atomic E-state index is 12.0. The van der Waals surface area contributed by atoms with Gasteiger partial charge in [-0.15, -0.1) is 0 Å². The number of aryl methyl sites for hydroxylation is 2. The molecule has 20 heavy (non-hydrogen) atoms. The van der Waals surface area contributed by atoms with Gasteiger partial charge in [0.25, 0.3) is 0 Å². The molecule has 4 N–H and O–H groups in total. The van der Waals surface area contributed by atoms with Gasteiger partial charge in [0.2, 0.25) is 0 Å². The highest BCUT2D eigenvalue weighted by Gasteiger charge is 2.24. The Bertz CT molecular complexity index is 484. The monoisotopic (exact) mass is 297 g/mol. The summed E-state index contributed by atoms with van der Waals surface area (Å²) in [6, 6.07) is 3.19. The van der Waals surface area contributed by atoms with Crippen molar-refractivity contribution in [2.75, 3.05) is 18.4 Å². The summed E-state index contributed by atoms with van der Waals surface area (Å²) in [5.41, 5.74) is 2.57. The van der Waals surface area contributed by atoms with E-state index in [-0.39, 0.29) is 12.1 Å². The third-order valence-electron chi connectivity index (χ3n) is 3.44. The van der Waals surface area contributed by atoms with E-state index in [1.54, 1.807) is 0 Å². The maximum atomic E-state index is 12.0. The number of aliphatic hydroxyl groups excluding tert-OH is 1. The summed E-state index contributed by atoms with van der Waals surface area (Å²) >= 11 is 6.15. The number of hydrogen-bond acceptors (Lipinski definition) is 3. The zero-order valence-electron chi connectivity index (χ0n) is 11.7. The first-order chi connectivity index (χ1) is 9.47. The SMILES string of the molecule is Cc1cc(C)c(NC(=O)N[C@@H]2CCNC[C@H]2O)c(Cl)c1. The lowest BCUT2D eigenvalue weighted by molar-refractivity contribution is 0.107. The third-order valence-corrected chi connectivity index (χ3v) is 3.73. The number of halogens is 1. The van der Waals surface area contributed by atoms with Gasteiger partial charge in [0.1, 0.15) is 0 Å². The Morgan fingerprint density at radius 1 is 1.45 bits per heavy atom. The van der Waals surface area contributed by atoms with Gasteiger partial charge in [0.05, 0.1) is 22.9 Å². The zero-order valence-corrected chi connectivity index (χ0v) is 12.4. The van der Waals surface area contributed by atoms with Gasteiger partial charge in [0, 0.05) is 6.54 Å². The number of hydrogen-bond donors (Lipinski definition) is 4. The minimum atomic E-state index is -0.566. The number of piperidine rings is 1. The third kappa shape index (κ3) is 3.62. The molecule has 6 heteroatoms. The molecule has 1 saturated heterocycles. The number of β-amino-alcohol motifs (C(OH)–C–C–N with tert-alkyl or cyclic N) is 1. The molecule has 1 aliphatic heterocycles. The number of aliphatic hydroxyl groups is 1. The van der Waals surface area contributed by atoms with Crippen molar-refractivity contribution < 1.29 is 9.90 Å². The van der Waals surface area contributed by atoms with Gasteiger partial charge in [-0.2, -0.15) is 0 Å². The van der Waals surface area contributed by atoms with Crippen LogP contribution in [0, 0.1) is 13.8 Å². The quantitative estimate of drug-likeness (QED) is 0.672. The van der Waals surface area contributed by atoms with Crippen LogP contribution in [0.4, 0.5) is 10.5 Å². The van der Waals surface area contributed by atoms with E-state index >= 15 is 0 Å². The van der Waals surface area contributed by atoms with Crippen molar-refractivity contribution in [3.05, 3.63) is 28.3 Å². The van der Waals surface area contributed by atoms with Gasteiger partial charge >= 0.3 is 6.03 Å². The molecule has 0 aromatic heterocycles. The zero-order chi connectivity index (χ0) is 14.7. The average molecular weight is 298 g/mol. The van der Waals surface area contributed by atoms with Crippen LogP contribution in [-0.4, -0.2) is 36.4 Å². The molecule has 0 spiro atoms. The minimum Gasteiger partial charge on any atom is -0.390 e. The van der Waals surface area contributed by atoms with E-state index in [1.807, 2.05) is 26.0 Å². The lowest BCUT2D eigenvalue weighted by Crippen LogP contribution is -2.53. The predicted octanol–water partition coefficient (Wildman–Crippen LogP) is 1.80. The molecule has 2 amide bonds. The summed E-state index contributed by atoms with van der Waals surface area (Å²) in [5, 5.41) is 18.9. The van der Waals surface area contributed by atoms with Gasteiger partial charge in [-0.05, 0) is 44.0 Å². The fourth-order valence-corrected chi connectivity index (χ4v) is 2.77. The normalized spacial score (nSPS) is 22.4. The molecule has 0 saturated carbocycles. The number of nitrogens with one attached hydrogen (secondary N) is 3. The number of amides is 2. The number of urea groups is 1. The number of anilines is 1. The Hall–Kier alpha value is -1.30. The maximum Gasteiger partial charge on any atom is 0.319 e. The van der Waals surface area contributed by atoms with E-state index in [0.29, 0.717) is 23.7 Å². The van der Waals surface area contributed by atoms with Gasteiger partial charge in [-0.3, -0.25) is 0 Å². The van der Waals surface area contributed by atoms with Gasteiger partial charge in [-0.25, -0.2) is 4.79 Å². The van der Waals surface area contributed by atoms with Crippen molar-refractivity contribution in [1.82, 2.24) is 10.6 Å². The van der Waals surface area contributed by atoms with Crippen LogP contribution in [0.1, 0.15) is 17.5 Å². The highest BCUT2D eigenvalue weighted by Crippen LogP contribution is 2.27. The van der Waals surface area contributed by atoms with E-state index in [9.17, 15) is 9.90 Å². The molecule has 1 aromatic rings. The van der Waals surface area contributed by atoms with Crippen molar-refractivity contribution in [3.8, 4) is 0 Å². The molecule has 1 fully saturated rings. The van der Waals surface area contributed by atoms with Crippen LogP contribution in [0.2, 0.25) is 5.02 Å². The Morgan fingerprint density at radius 3 is 2.85 bits per heavy atom. The second-order valence-electron chi connectivity index (χ2n) is 5.20. The molecule has 0 aliphatic carbocycles. The molecule has 1 heterocycles. The summed E-state index contributed by atoms with van der Waals surface area (Å²) in [7, 11) is 0. The lowest BCUT2D eigenvalue weighted by Gasteiger charge is -2.29. The van der Waals surface area contributed by atoms with Crippen molar-refractivity contribution in [2.24, 2.45) is 0 Å². The standard InChI is InChI=1S/C14H20ClN3O2/c1-8-5-9(2)13(10(15)6-8)18-14(20)17-11-3-4-16-7-12(11)19/h5-6,11-12,16,19H,3-4,7H2,1-2H3,(H2,17,18,20)/t11-,12-/m1/s1. The van der Waals surface area contributed by atoms with Crippen LogP contribution in [0.5, 0.6) is 0 Å². The van der Waals surface area contributed by atoms with Crippen LogP contribution in [-0.2, 0) is 0 Å². The van der Waals surface area contributed by atoms with Crippen LogP contribution in [0.15, 0.2) is 12.1 Å². The first-order valence-electron chi connectivity index (χ1n) is 6.70. The topological polar surface area (TPSA) is 73.4 Å². The second-order valence-corrected chi connectivity index (χ2v) is 5.61.